The predicted octanol–water partition coefficient (Wildman–Crippen LogP) is 6.59. The molecule has 242 valence electrons. The van der Waals surface area contributed by atoms with Gasteiger partial charge in [-0.2, -0.15) is 0 Å². The van der Waals surface area contributed by atoms with E-state index in [0.29, 0.717) is 33.5 Å². The van der Waals surface area contributed by atoms with E-state index in [0.717, 1.165) is 11.1 Å². The number of esters is 1. The molecule has 0 aliphatic rings. The zero-order valence-corrected chi connectivity index (χ0v) is 27.7. The zero-order valence-electron chi connectivity index (χ0n) is 27.7. The fraction of sp³-hybridized carbons (Fsp3) is 0.351. The number of carbonyl (C=O) groups excluding carboxylic acids is 2. The van der Waals surface area contributed by atoms with E-state index in [4.69, 9.17) is 10.5 Å². The Balaban J connectivity index is 1.97. The number of H-pyrrole nitrogens is 1. The van der Waals surface area contributed by atoms with Crippen LogP contribution >= 0.6 is 0 Å². The number of aromatic amines is 1. The molecule has 0 amide bonds. The van der Waals surface area contributed by atoms with Crippen LogP contribution in [0, 0.1) is 13.8 Å². The van der Waals surface area contributed by atoms with Crippen molar-refractivity contribution in [2.45, 2.75) is 85.1 Å². The molecular formula is C37H43N3O6. The highest BCUT2D eigenvalue weighted by atomic mass is 16.5. The Morgan fingerprint density at radius 3 is 2.09 bits per heavy atom. The number of hydrogen-bond donors (Lipinski definition) is 4. The van der Waals surface area contributed by atoms with Crippen LogP contribution in [-0.4, -0.2) is 43.9 Å². The number of phenols is 1. The number of hydrogen-bond acceptors (Lipinski definition) is 7. The molecular weight excluding hydrogens is 582 g/mol. The minimum atomic E-state index is -1.11. The number of ketones is 1. The third-order valence-corrected chi connectivity index (χ3v) is 8.02. The van der Waals surface area contributed by atoms with Gasteiger partial charge in [-0.25, -0.2) is 14.6 Å². The average molecular weight is 626 g/mol. The number of carbonyl (C=O) groups is 3. The number of carboxylic acids is 1. The molecule has 46 heavy (non-hydrogen) atoms. The lowest BCUT2D eigenvalue weighted by Gasteiger charge is -2.28. The van der Waals surface area contributed by atoms with Gasteiger partial charge in [-0.1, -0.05) is 65.3 Å². The molecule has 0 saturated carbocycles. The van der Waals surface area contributed by atoms with Crippen molar-refractivity contribution >= 4 is 17.7 Å². The summed E-state index contributed by atoms with van der Waals surface area (Å²) in [6, 6.07) is 10.2. The summed E-state index contributed by atoms with van der Waals surface area (Å²) in [6.07, 6.45) is 3.48. The quantitative estimate of drug-likeness (QED) is 0.0922. The van der Waals surface area contributed by atoms with Crippen molar-refractivity contribution in [2.24, 2.45) is 5.73 Å². The number of carboxylic acid groups (broad SMARTS) is 1. The van der Waals surface area contributed by atoms with Gasteiger partial charge in [0.05, 0.1) is 29.2 Å². The predicted molar refractivity (Wildman–Crippen MR) is 177 cm³/mol. The molecule has 0 radical (unpaired) electrons. The molecule has 9 nitrogen and oxygen atoms in total. The van der Waals surface area contributed by atoms with Crippen LogP contribution in [0.4, 0.5) is 0 Å². The summed E-state index contributed by atoms with van der Waals surface area (Å²) in [5, 5.41) is 20.9. The maximum Gasteiger partial charge on any atom is 0.343 e. The third-order valence-electron chi connectivity index (χ3n) is 8.02. The summed E-state index contributed by atoms with van der Waals surface area (Å²) in [6.45, 7) is 15.8. The molecule has 0 aliphatic carbocycles. The number of imidazole rings is 1. The van der Waals surface area contributed by atoms with E-state index in [1.54, 1.807) is 6.20 Å². The minimum absolute atomic E-state index is 0.0336. The van der Waals surface area contributed by atoms with E-state index >= 15 is 0 Å². The molecule has 9 heteroatoms. The Labute approximate surface area is 269 Å². The van der Waals surface area contributed by atoms with Crippen LogP contribution in [-0.2, 0) is 23.7 Å². The molecule has 0 aliphatic heterocycles. The minimum Gasteiger partial charge on any atom is -0.507 e. The highest BCUT2D eigenvalue weighted by Crippen LogP contribution is 2.42. The summed E-state index contributed by atoms with van der Waals surface area (Å²) < 4.78 is 6.18. The SMILES string of the molecule is Cc1cc(Cc2c(OC(=O)c3ccc(C(=O)O)cc3)c(C(C)(C)C)cc(C)c2C(=O)[C@@H](N)Cc2c[nH]cn2)c(O)c(C(C)(C)C)c1. The summed E-state index contributed by atoms with van der Waals surface area (Å²) in [7, 11) is 0. The number of aromatic carboxylic acids is 1. The first-order valence-corrected chi connectivity index (χ1v) is 15.2. The van der Waals surface area contributed by atoms with Crippen molar-refractivity contribution in [1.29, 1.82) is 0 Å². The molecule has 0 saturated heterocycles. The van der Waals surface area contributed by atoms with Gasteiger partial charge in [-0.3, -0.25) is 4.79 Å². The number of ether oxygens (including phenoxy) is 1. The van der Waals surface area contributed by atoms with Gasteiger partial charge >= 0.3 is 11.9 Å². The van der Waals surface area contributed by atoms with E-state index in [9.17, 15) is 24.6 Å². The number of benzene rings is 3. The summed E-state index contributed by atoms with van der Waals surface area (Å²) in [5.74, 6) is -1.85. The average Bonchev–Trinajstić information content (AvgIpc) is 3.47. The van der Waals surface area contributed by atoms with Crippen molar-refractivity contribution < 1.29 is 29.3 Å². The Morgan fingerprint density at radius 1 is 0.935 bits per heavy atom. The van der Waals surface area contributed by atoms with Gasteiger partial charge in [-0.15, -0.1) is 0 Å². The van der Waals surface area contributed by atoms with Crippen molar-refractivity contribution in [3.63, 3.8) is 0 Å². The number of rotatable bonds is 9. The van der Waals surface area contributed by atoms with Crippen LogP contribution < -0.4 is 10.5 Å². The van der Waals surface area contributed by atoms with E-state index in [-0.39, 0.29) is 46.7 Å². The third kappa shape index (κ3) is 7.37. The largest absolute Gasteiger partial charge is 0.507 e. The molecule has 5 N–H and O–H groups in total. The van der Waals surface area contributed by atoms with Crippen molar-refractivity contribution in [3.05, 3.63) is 111 Å². The Kier molecular flexibility index (Phi) is 9.59. The van der Waals surface area contributed by atoms with Gasteiger partial charge in [0, 0.05) is 35.7 Å². The van der Waals surface area contributed by atoms with Crippen molar-refractivity contribution in [3.8, 4) is 11.5 Å². The second kappa shape index (κ2) is 12.9. The van der Waals surface area contributed by atoms with Gasteiger partial charge in [0.1, 0.15) is 11.5 Å². The van der Waals surface area contributed by atoms with Crippen molar-refractivity contribution in [1.82, 2.24) is 9.97 Å². The van der Waals surface area contributed by atoms with Crippen LogP contribution in [0.2, 0.25) is 0 Å². The lowest BCUT2D eigenvalue weighted by Crippen LogP contribution is -2.34. The molecule has 1 atom stereocenters. The van der Waals surface area contributed by atoms with Crippen molar-refractivity contribution in [2.75, 3.05) is 0 Å². The molecule has 3 aromatic carbocycles. The first-order valence-electron chi connectivity index (χ1n) is 15.2. The maximum atomic E-state index is 14.2. The van der Waals surface area contributed by atoms with Gasteiger partial charge in [0.15, 0.2) is 5.78 Å². The number of aromatic nitrogens is 2. The summed E-state index contributed by atoms with van der Waals surface area (Å²) in [4.78, 5) is 46.4. The van der Waals surface area contributed by atoms with Crippen LogP contribution in [0.1, 0.15) is 112 Å². The number of aromatic hydroxyl groups is 1. The van der Waals surface area contributed by atoms with Gasteiger partial charge in [0.2, 0.25) is 0 Å². The number of nitrogens with one attached hydrogen (secondary N) is 1. The first kappa shape index (κ1) is 34.1. The first-order chi connectivity index (χ1) is 21.4. The number of Topliss-reactive ketones (excluding diaryl/α,β-unsaturated/α-hetero) is 1. The molecule has 0 unspecified atom stereocenters. The van der Waals surface area contributed by atoms with Crippen LogP contribution in [0.15, 0.2) is 55.0 Å². The van der Waals surface area contributed by atoms with Crippen LogP contribution in [0.5, 0.6) is 11.5 Å². The fourth-order valence-corrected chi connectivity index (χ4v) is 5.61. The topological polar surface area (TPSA) is 156 Å². The van der Waals surface area contributed by atoms with Crippen LogP contribution in [0.25, 0.3) is 0 Å². The Hall–Kier alpha value is -4.76. The van der Waals surface area contributed by atoms with Crippen LogP contribution in [0.3, 0.4) is 0 Å². The van der Waals surface area contributed by atoms with Gasteiger partial charge in [0.25, 0.3) is 0 Å². The number of nitrogens with zero attached hydrogens (tertiary/aromatic N) is 1. The van der Waals surface area contributed by atoms with E-state index in [2.05, 4.69) is 9.97 Å². The van der Waals surface area contributed by atoms with Gasteiger partial charge in [-0.05, 0) is 65.6 Å². The monoisotopic (exact) mass is 625 g/mol. The normalized spacial score (nSPS) is 12.5. The zero-order chi connectivity index (χ0) is 34.1. The lowest BCUT2D eigenvalue weighted by molar-refractivity contribution is 0.0691. The second-order valence-electron chi connectivity index (χ2n) is 13.9. The second-order valence-corrected chi connectivity index (χ2v) is 13.9. The van der Waals surface area contributed by atoms with Gasteiger partial charge < -0.3 is 25.7 Å². The number of nitrogens with two attached hydrogens (primary N) is 1. The Bertz CT molecular complexity index is 1780. The molecule has 0 spiro atoms. The standard InChI is InChI=1S/C37H43N3O6/c1-20-13-24(31(41)27(14-20)36(3,4)5)16-26-30(32(42)29(38)17-25-18-39-19-40-25)21(2)15-28(37(6,7)8)33(26)46-35(45)23-11-9-22(10-12-23)34(43)44/h9-15,18-19,29,41H,16-17,38H2,1-8H3,(H,39,40)(H,43,44)/t29-/m0/s1. The molecule has 4 rings (SSSR count). The fourth-order valence-electron chi connectivity index (χ4n) is 5.61. The molecule has 0 bridgehead atoms. The maximum absolute atomic E-state index is 14.2. The van der Waals surface area contributed by atoms with E-state index in [1.165, 1.54) is 30.6 Å². The smallest absolute Gasteiger partial charge is 0.343 e. The number of aryl methyl sites for hydroxylation is 2. The molecule has 1 aromatic heterocycles. The van der Waals surface area contributed by atoms with E-state index in [1.807, 2.05) is 73.6 Å². The summed E-state index contributed by atoms with van der Waals surface area (Å²) in [5.41, 5.74) is 10.8. The summed E-state index contributed by atoms with van der Waals surface area (Å²) >= 11 is 0. The number of phenolic OH excluding ortho intramolecular Hbond substituents is 1. The molecule has 0 fully saturated rings. The molecule has 1 heterocycles. The highest BCUT2D eigenvalue weighted by molar-refractivity contribution is 6.04. The van der Waals surface area contributed by atoms with E-state index < -0.39 is 23.4 Å². The molecule has 4 aromatic rings. The highest BCUT2D eigenvalue weighted by Gasteiger charge is 2.32. The Morgan fingerprint density at radius 2 is 1.54 bits per heavy atom. The lowest BCUT2D eigenvalue weighted by atomic mass is 9.79.